The summed E-state index contributed by atoms with van der Waals surface area (Å²) in [6, 6.07) is 21.6. The number of hydrazine groups is 1. The summed E-state index contributed by atoms with van der Waals surface area (Å²) in [5.74, 6) is -0.583. The molecule has 0 radical (unpaired) electrons. The summed E-state index contributed by atoms with van der Waals surface area (Å²) in [4.78, 5) is 24.8. The van der Waals surface area contributed by atoms with Crippen LogP contribution >= 0.6 is 27.5 Å². The van der Waals surface area contributed by atoms with Gasteiger partial charge >= 0.3 is 0 Å². The van der Waals surface area contributed by atoms with Crippen molar-refractivity contribution in [2.45, 2.75) is 6.42 Å². The van der Waals surface area contributed by atoms with Gasteiger partial charge in [0, 0.05) is 10.9 Å². The van der Waals surface area contributed by atoms with Gasteiger partial charge in [-0.1, -0.05) is 70.0 Å². The molecule has 0 spiro atoms. The van der Waals surface area contributed by atoms with Crippen LogP contribution in [-0.4, -0.2) is 18.4 Å². The third kappa shape index (κ3) is 5.82. The number of hydrogen-bond acceptors (Lipinski definition) is 3. The third-order valence-electron chi connectivity index (χ3n) is 4.09. The van der Waals surface area contributed by atoms with Crippen LogP contribution in [0.5, 0.6) is 5.75 Å². The fraction of sp³-hybridized carbons (Fsp3) is 0.0909. The van der Waals surface area contributed by atoms with Crippen molar-refractivity contribution in [1.82, 2.24) is 10.9 Å². The predicted molar refractivity (Wildman–Crippen MR) is 116 cm³/mol. The summed E-state index contributed by atoms with van der Waals surface area (Å²) < 4.78 is 6.53. The van der Waals surface area contributed by atoms with Gasteiger partial charge in [-0.25, -0.2) is 0 Å². The van der Waals surface area contributed by atoms with Gasteiger partial charge < -0.3 is 4.74 Å². The molecule has 0 fully saturated rings. The standard InChI is InChI=1S/C22H18BrClN2O3/c23-16-10-11-20(29-13-12-15-6-2-1-3-7-15)18(14-16)22(28)26-25-21(27)17-8-4-5-9-19(17)24/h1-11,14H,12-13H2,(H,25,27)(H,26,28). The van der Waals surface area contributed by atoms with Gasteiger partial charge in [0.15, 0.2) is 0 Å². The van der Waals surface area contributed by atoms with E-state index in [4.69, 9.17) is 16.3 Å². The first kappa shape index (κ1) is 20.9. The van der Waals surface area contributed by atoms with E-state index in [1.54, 1.807) is 42.5 Å². The molecule has 0 saturated heterocycles. The van der Waals surface area contributed by atoms with Gasteiger partial charge in [-0.05, 0) is 35.9 Å². The Kier molecular flexibility index (Phi) is 7.27. The Morgan fingerprint density at radius 2 is 1.52 bits per heavy atom. The molecule has 148 valence electrons. The molecule has 0 aliphatic heterocycles. The highest BCUT2D eigenvalue weighted by molar-refractivity contribution is 9.10. The van der Waals surface area contributed by atoms with Gasteiger partial charge in [-0.3, -0.25) is 20.4 Å². The van der Waals surface area contributed by atoms with Gasteiger partial charge in [-0.15, -0.1) is 0 Å². The van der Waals surface area contributed by atoms with E-state index < -0.39 is 11.8 Å². The highest BCUT2D eigenvalue weighted by Gasteiger charge is 2.16. The Morgan fingerprint density at radius 1 is 0.862 bits per heavy atom. The Hall–Kier alpha value is -2.83. The maximum atomic E-state index is 12.6. The minimum Gasteiger partial charge on any atom is -0.492 e. The average Bonchev–Trinajstić information content (AvgIpc) is 2.74. The van der Waals surface area contributed by atoms with E-state index in [0.29, 0.717) is 29.4 Å². The van der Waals surface area contributed by atoms with E-state index in [-0.39, 0.29) is 5.56 Å². The zero-order chi connectivity index (χ0) is 20.6. The minimum atomic E-state index is -0.509. The monoisotopic (exact) mass is 472 g/mol. The van der Waals surface area contributed by atoms with Crippen molar-refractivity contribution in [2.75, 3.05) is 6.61 Å². The SMILES string of the molecule is O=C(NNC(=O)c1cc(Br)ccc1OCCc1ccccc1)c1ccccc1Cl. The number of carbonyl (C=O) groups excluding carboxylic acids is 2. The summed E-state index contributed by atoms with van der Waals surface area (Å²) in [7, 11) is 0. The fourth-order valence-electron chi connectivity index (χ4n) is 2.62. The first-order valence-electron chi connectivity index (χ1n) is 8.86. The van der Waals surface area contributed by atoms with E-state index in [9.17, 15) is 9.59 Å². The zero-order valence-corrected chi connectivity index (χ0v) is 17.7. The number of rotatable bonds is 6. The second-order valence-corrected chi connectivity index (χ2v) is 7.44. The smallest absolute Gasteiger partial charge is 0.273 e. The van der Waals surface area contributed by atoms with E-state index >= 15 is 0 Å². The second kappa shape index (κ2) is 10.1. The molecule has 3 aromatic rings. The lowest BCUT2D eigenvalue weighted by Crippen LogP contribution is -2.41. The lowest BCUT2D eigenvalue weighted by molar-refractivity contribution is 0.0844. The maximum Gasteiger partial charge on any atom is 0.273 e. The molecule has 3 rings (SSSR count). The summed E-state index contributed by atoms with van der Waals surface area (Å²) >= 11 is 9.36. The van der Waals surface area contributed by atoms with Crippen LogP contribution in [0.25, 0.3) is 0 Å². The number of amides is 2. The number of nitrogens with one attached hydrogen (secondary N) is 2. The number of benzene rings is 3. The molecule has 7 heteroatoms. The molecule has 0 aliphatic rings. The highest BCUT2D eigenvalue weighted by Crippen LogP contribution is 2.23. The van der Waals surface area contributed by atoms with Gasteiger partial charge in [0.05, 0.1) is 22.8 Å². The van der Waals surface area contributed by atoms with Crippen molar-refractivity contribution < 1.29 is 14.3 Å². The molecule has 2 amide bonds. The van der Waals surface area contributed by atoms with E-state index in [1.165, 1.54) is 0 Å². The number of ether oxygens (including phenoxy) is 1. The topological polar surface area (TPSA) is 67.4 Å². The molecule has 0 unspecified atom stereocenters. The van der Waals surface area contributed by atoms with Gasteiger partial charge in [0.25, 0.3) is 11.8 Å². The Labute approximate surface area is 182 Å². The van der Waals surface area contributed by atoms with Crippen molar-refractivity contribution >= 4 is 39.3 Å². The second-order valence-electron chi connectivity index (χ2n) is 6.11. The van der Waals surface area contributed by atoms with Crippen molar-refractivity contribution in [3.05, 3.63) is 99.0 Å². The third-order valence-corrected chi connectivity index (χ3v) is 4.91. The molecule has 0 atom stereocenters. The average molecular weight is 474 g/mol. The van der Waals surface area contributed by atoms with Crippen LogP contribution in [0.3, 0.4) is 0 Å². The highest BCUT2D eigenvalue weighted by atomic mass is 79.9. The fourth-order valence-corrected chi connectivity index (χ4v) is 3.21. The van der Waals surface area contributed by atoms with Crippen LogP contribution < -0.4 is 15.6 Å². The van der Waals surface area contributed by atoms with Crippen LogP contribution in [0.1, 0.15) is 26.3 Å². The van der Waals surface area contributed by atoms with E-state index in [1.807, 2.05) is 30.3 Å². The maximum absolute atomic E-state index is 12.6. The van der Waals surface area contributed by atoms with E-state index in [0.717, 1.165) is 10.0 Å². The van der Waals surface area contributed by atoms with Crippen LogP contribution in [0.2, 0.25) is 5.02 Å². The normalized spacial score (nSPS) is 10.3. The van der Waals surface area contributed by atoms with Crippen molar-refractivity contribution in [3.8, 4) is 5.75 Å². The minimum absolute atomic E-state index is 0.267. The molecule has 2 N–H and O–H groups in total. The Bertz CT molecular complexity index is 1010. The molecule has 3 aromatic carbocycles. The summed E-state index contributed by atoms with van der Waals surface area (Å²) in [5, 5.41) is 0.298. The summed E-state index contributed by atoms with van der Waals surface area (Å²) in [5.41, 5.74) is 6.48. The molecule has 0 aliphatic carbocycles. The molecular formula is C22H18BrClN2O3. The largest absolute Gasteiger partial charge is 0.492 e. The molecule has 0 heterocycles. The van der Waals surface area contributed by atoms with Crippen LogP contribution in [0.15, 0.2) is 77.3 Å². The van der Waals surface area contributed by atoms with E-state index in [2.05, 4.69) is 26.8 Å². The lowest BCUT2D eigenvalue weighted by Gasteiger charge is -2.13. The van der Waals surface area contributed by atoms with Crippen LogP contribution in [0, 0.1) is 0 Å². The number of hydrogen-bond donors (Lipinski definition) is 2. The molecule has 5 nitrogen and oxygen atoms in total. The number of carbonyl (C=O) groups is 2. The first-order valence-corrected chi connectivity index (χ1v) is 10.0. The predicted octanol–water partition coefficient (Wildman–Crippen LogP) is 4.80. The number of halogens is 2. The molecule has 29 heavy (non-hydrogen) atoms. The van der Waals surface area contributed by atoms with Crippen molar-refractivity contribution in [1.29, 1.82) is 0 Å². The van der Waals surface area contributed by atoms with Crippen LogP contribution in [-0.2, 0) is 6.42 Å². The Morgan fingerprint density at radius 3 is 2.24 bits per heavy atom. The van der Waals surface area contributed by atoms with Crippen LogP contribution in [0.4, 0.5) is 0 Å². The van der Waals surface area contributed by atoms with Crippen molar-refractivity contribution in [3.63, 3.8) is 0 Å². The quantitative estimate of drug-likeness (QED) is 0.505. The van der Waals surface area contributed by atoms with Crippen molar-refractivity contribution in [2.24, 2.45) is 0 Å². The summed E-state index contributed by atoms with van der Waals surface area (Å²) in [6.45, 7) is 0.415. The molecular weight excluding hydrogens is 456 g/mol. The molecule has 0 aromatic heterocycles. The zero-order valence-electron chi connectivity index (χ0n) is 15.3. The van der Waals surface area contributed by atoms with Gasteiger partial charge in [0.2, 0.25) is 0 Å². The lowest BCUT2D eigenvalue weighted by atomic mass is 10.1. The van der Waals surface area contributed by atoms with Gasteiger partial charge in [0.1, 0.15) is 5.75 Å². The van der Waals surface area contributed by atoms with Gasteiger partial charge in [-0.2, -0.15) is 0 Å². The summed E-state index contributed by atoms with van der Waals surface area (Å²) in [6.07, 6.45) is 0.710. The molecule has 0 saturated carbocycles. The Balaban J connectivity index is 1.64. The first-order chi connectivity index (χ1) is 14.0. The molecule has 0 bridgehead atoms.